The number of anilines is 1. The number of hydrogen-bond donors (Lipinski definition) is 2. The van der Waals surface area contributed by atoms with Gasteiger partial charge in [-0.05, 0) is 36.0 Å². The van der Waals surface area contributed by atoms with Crippen LogP contribution in [0.15, 0.2) is 18.2 Å². The van der Waals surface area contributed by atoms with E-state index in [-0.39, 0.29) is 6.61 Å². The molecular formula is C16H25N3O. The van der Waals surface area contributed by atoms with Crippen molar-refractivity contribution in [1.82, 2.24) is 9.55 Å². The first-order chi connectivity index (χ1) is 9.43. The zero-order valence-electron chi connectivity index (χ0n) is 12.8. The largest absolute Gasteiger partial charge is 0.399 e. The fraction of sp³-hybridized carbons (Fsp3) is 0.562. The molecule has 1 aromatic heterocycles. The lowest BCUT2D eigenvalue weighted by Gasteiger charge is -2.26. The van der Waals surface area contributed by atoms with Gasteiger partial charge in [0.2, 0.25) is 0 Å². The predicted octanol–water partition coefficient (Wildman–Crippen LogP) is 3.04. The number of rotatable bonds is 5. The Morgan fingerprint density at radius 2 is 1.85 bits per heavy atom. The van der Waals surface area contributed by atoms with Gasteiger partial charge in [-0.2, -0.15) is 0 Å². The van der Waals surface area contributed by atoms with E-state index in [2.05, 4.69) is 37.2 Å². The molecule has 1 heterocycles. The number of aromatic nitrogens is 2. The van der Waals surface area contributed by atoms with Gasteiger partial charge in [0.05, 0.1) is 11.0 Å². The van der Waals surface area contributed by atoms with Gasteiger partial charge in [0.1, 0.15) is 12.4 Å². The quantitative estimate of drug-likeness (QED) is 0.824. The minimum atomic E-state index is -0.0442. The lowest BCUT2D eigenvalue weighted by atomic mass is 9.85. The highest BCUT2D eigenvalue weighted by atomic mass is 16.3. The molecule has 2 aromatic rings. The normalized spacial score (nSPS) is 12.2. The molecule has 1 aromatic carbocycles. The molecule has 0 aliphatic rings. The van der Waals surface area contributed by atoms with E-state index in [1.54, 1.807) is 0 Å². The van der Waals surface area contributed by atoms with Crippen LogP contribution in [0.1, 0.15) is 33.5 Å². The third-order valence-electron chi connectivity index (χ3n) is 4.10. The fourth-order valence-corrected chi connectivity index (χ4v) is 2.92. The van der Waals surface area contributed by atoms with Crippen molar-refractivity contribution in [2.24, 2.45) is 17.8 Å². The van der Waals surface area contributed by atoms with Crippen LogP contribution < -0.4 is 5.73 Å². The molecule has 2 rings (SSSR count). The van der Waals surface area contributed by atoms with Crippen LogP contribution in [0.25, 0.3) is 11.0 Å². The van der Waals surface area contributed by atoms with E-state index in [0.29, 0.717) is 23.4 Å². The summed E-state index contributed by atoms with van der Waals surface area (Å²) in [5, 5.41) is 9.56. The number of fused-ring (bicyclic) bond motifs is 1. The zero-order chi connectivity index (χ0) is 14.9. The predicted molar refractivity (Wildman–Crippen MR) is 83.2 cm³/mol. The van der Waals surface area contributed by atoms with Crippen molar-refractivity contribution in [2.75, 3.05) is 5.73 Å². The Hall–Kier alpha value is -1.55. The van der Waals surface area contributed by atoms with Crippen LogP contribution in [0.4, 0.5) is 5.69 Å². The topological polar surface area (TPSA) is 64.1 Å². The summed E-state index contributed by atoms with van der Waals surface area (Å²) in [5.41, 5.74) is 8.43. The van der Waals surface area contributed by atoms with Crippen molar-refractivity contribution < 1.29 is 5.11 Å². The first-order valence-corrected chi connectivity index (χ1v) is 7.29. The number of nitrogens with zero attached hydrogens (tertiary/aromatic N) is 2. The van der Waals surface area contributed by atoms with Crippen LogP contribution >= 0.6 is 0 Å². The lowest BCUT2D eigenvalue weighted by Crippen LogP contribution is -2.23. The smallest absolute Gasteiger partial charge is 0.135 e. The number of aliphatic hydroxyl groups excluding tert-OH is 1. The number of imidazole rings is 1. The number of benzene rings is 1. The second kappa shape index (κ2) is 5.83. The maximum Gasteiger partial charge on any atom is 0.135 e. The number of aliphatic hydroxyl groups is 1. The summed E-state index contributed by atoms with van der Waals surface area (Å²) in [6.45, 7) is 9.84. The molecular weight excluding hydrogens is 250 g/mol. The average Bonchev–Trinajstić information content (AvgIpc) is 2.71. The maximum atomic E-state index is 9.56. The van der Waals surface area contributed by atoms with Crippen molar-refractivity contribution >= 4 is 16.7 Å². The molecule has 110 valence electrons. The Kier molecular flexibility index (Phi) is 4.33. The molecule has 4 nitrogen and oxygen atoms in total. The Labute approximate surface area is 120 Å². The van der Waals surface area contributed by atoms with Crippen LogP contribution in [0, 0.1) is 17.8 Å². The summed E-state index contributed by atoms with van der Waals surface area (Å²) in [6, 6.07) is 5.75. The Bertz CT molecular complexity index is 579. The lowest BCUT2D eigenvalue weighted by molar-refractivity contribution is 0.232. The van der Waals surface area contributed by atoms with E-state index in [9.17, 15) is 5.11 Å². The molecule has 20 heavy (non-hydrogen) atoms. The van der Waals surface area contributed by atoms with Gasteiger partial charge < -0.3 is 15.4 Å². The highest BCUT2D eigenvalue weighted by molar-refractivity contribution is 5.79. The van der Waals surface area contributed by atoms with E-state index in [4.69, 9.17) is 5.73 Å². The standard InChI is InChI=1S/C16H25N3O/c1-10(2)13(11(3)4)8-19-15-6-5-12(17)7-14(15)18-16(19)9-20/h5-7,10-11,13,20H,8-9,17H2,1-4H3. The van der Waals surface area contributed by atoms with Crippen molar-refractivity contribution in [3.8, 4) is 0 Å². The first kappa shape index (κ1) is 14.9. The van der Waals surface area contributed by atoms with Gasteiger partial charge in [-0.3, -0.25) is 0 Å². The highest BCUT2D eigenvalue weighted by Gasteiger charge is 2.21. The first-order valence-electron chi connectivity index (χ1n) is 7.29. The van der Waals surface area contributed by atoms with Crippen LogP contribution in [0.2, 0.25) is 0 Å². The van der Waals surface area contributed by atoms with E-state index < -0.39 is 0 Å². The van der Waals surface area contributed by atoms with Crippen molar-refractivity contribution in [2.45, 2.75) is 40.8 Å². The summed E-state index contributed by atoms with van der Waals surface area (Å²) < 4.78 is 2.14. The van der Waals surface area contributed by atoms with Crippen LogP contribution in [-0.4, -0.2) is 14.7 Å². The summed E-state index contributed by atoms with van der Waals surface area (Å²) in [6.07, 6.45) is 0. The summed E-state index contributed by atoms with van der Waals surface area (Å²) >= 11 is 0. The minimum Gasteiger partial charge on any atom is -0.399 e. The van der Waals surface area contributed by atoms with Crippen molar-refractivity contribution in [1.29, 1.82) is 0 Å². The summed E-state index contributed by atoms with van der Waals surface area (Å²) in [5.74, 6) is 2.45. The zero-order valence-corrected chi connectivity index (χ0v) is 12.8. The molecule has 0 bridgehead atoms. The Morgan fingerprint density at radius 3 is 2.40 bits per heavy atom. The van der Waals surface area contributed by atoms with Crippen LogP contribution in [0.3, 0.4) is 0 Å². The van der Waals surface area contributed by atoms with Gasteiger partial charge in [-0.1, -0.05) is 27.7 Å². The minimum absolute atomic E-state index is 0.0442. The van der Waals surface area contributed by atoms with E-state index in [0.717, 1.165) is 23.4 Å². The van der Waals surface area contributed by atoms with E-state index in [1.165, 1.54) is 0 Å². The third kappa shape index (κ3) is 2.80. The Morgan fingerprint density at radius 1 is 1.20 bits per heavy atom. The molecule has 0 fully saturated rings. The van der Waals surface area contributed by atoms with Crippen molar-refractivity contribution in [3.63, 3.8) is 0 Å². The fourth-order valence-electron chi connectivity index (χ4n) is 2.92. The number of nitrogen functional groups attached to an aromatic ring is 1. The number of nitrogens with two attached hydrogens (primary N) is 1. The van der Waals surface area contributed by atoms with Gasteiger partial charge in [-0.25, -0.2) is 4.98 Å². The van der Waals surface area contributed by atoms with Crippen LogP contribution in [-0.2, 0) is 13.2 Å². The molecule has 4 heteroatoms. The van der Waals surface area contributed by atoms with Crippen LogP contribution in [0.5, 0.6) is 0 Å². The molecule has 0 aliphatic carbocycles. The van der Waals surface area contributed by atoms with Gasteiger partial charge >= 0.3 is 0 Å². The molecule has 0 radical (unpaired) electrons. The van der Waals surface area contributed by atoms with E-state index >= 15 is 0 Å². The van der Waals surface area contributed by atoms with Crippen molar-refractivity contribution in [3.05, 3.63) is 24.0 Å². The summed E-state index contributed by atoms with van der Waals surface area (Å²) in [7, 11) is 0. The van der Waals surface area contributed by atoms with E-state index in [1.807, 2.05) is 18.2 Å². The summed E-state index contributed by atoms with van der Waals surface area (Å²) in [4.78, 5) is 4.50. The molecule has 0 saturated carbocycles. The molecule has 0 atom stereocenters. The molecule has 0 aliphatic heterocycles. The monoisotopic (exact) mass is 275 g/mol. The third-order valence-corrected chi connectivity index (χ3v) is 4.10. The average molecular weight is 275 g/mol. The second-order valence-electron chi connectivity index (χ2n) is 6.20. The van der Waals surface area contributed by atoms with Gasteiger partial charge in [0.15, 0.2) is 0 Å². The van der Waals surface area contributed by atoms with Gasteiger partial charge in [0, 0.05) is 12.2 Å². The maximum absolute atomic E-state index is 9.56. The second-order valence-corrected chi connectivity index (χ2v) is 6.20. The SMILES string of the molecule is CC(C)C(Cn1c(CO)nc2cc(N)ccc21)C(C)C. The molecule has 0 amide bonds. The highest BCUT2D eigenvalue weighted by Crippen LogP contribution is 2.26. The Balaban J connectivity index is 2.46. The van der Waals surface area contributed by atoms with Gasteiger partial charge in [-0.15, -0.1) is 0 Å². The molecule has 0 saturated heterocycles. The molecule has 0 spiro atoms. The molecule has 0 unspecified atom stereocenters. The van der Waals surface area contributed by atoms with Gasteiger partial charge in [0.25, 0.3) is 0 Å². The number of hydrogen-bond acceptors (Lipinski definition) is 3. The molecule has 3 N–H and O–H groups in total.